The monoisotopic (exact) mass is 224 g/mol. The van der Waals surface area contributed by atoms with Crippen LogP contribution >= 0.6 is 0 Å². The van der Waals surface area contributed by atoms with Gasteiger partial charge in [0.1, 0.15) is 5.82 Å². The Morgan fingerprint density at radius 3 is 2.94 bits per heavy atom. The molecule has 2 atom stereocenters. The van der Waals surface area contributed by atoms with Crippen LogP contribution in [0.3, 0.4) is 0 Å². The zero-order valence-electron chi connectivity index (χ0n) is 9.23. The number of aliphatic hydroxyl groups excluding tert-OH is 1. The molecule has 1 aliphatic rings. The Morgan fingerprint density at radius 2 is 2.25 bits per heavy atom. The van der Waals surface area contributed by atoms with Crippen LogP contribution in [0, 0.1) is 11.7 Å². The van der Waals surface area contributed by atoms with Crippen LogP contribution in [-0.2, 0) is 11.3 Å². The van der Waals surface area contributed by atoms with E-state index in [1.807, 2.05) is 6.07 Å². The molecule has 0 spiro atoms. The van der Waals surface area contributed by atoms with Gasteiger partial charge in [0.05, 0.1) is 12.7 Å². The second-order valence-corrected chi connectivity index (χ2v) is 4.42. The Hall–Kier alpha value is -0.930. The van der Waals surface area contributed by atoms with Crippen molar-refractivity contribution in [3.8, 4) is 0 Å². The Morgan fingerprint density at radius 1 is 1.38 bits per heavy atom. The fraction of sp³-hybridized carbons (Fsp3) is 0.538. The number of hydrogen-bond donors (Lipinski definition) is 1. The highest BCUT2D eigenvalue weighted by Crippen LogP contribution is 2.27. The fourth-order valence-electron chi connectivity index (χ4n) is 2.19. The second kappa shape index (κ2) is 5.41. The molecule has 1 aromatic rings. The molecule has 0 radical (unpaired) electrons. The Bertz CT molecular complexity index is 340. The van der Waals surface area contributed by atoms with E-state index in [9.17, 15) is 4.39 Å². The van der Waals surface area contributed by atoms with Crippen molar-refractivity contribution >= 4 is 0 Å². The summed E-state index contributed by atoms with van der Waals surface area (Å²) in [5.74, 6) is 0.165. The minimum absolute atomic E-state index is 0.222. The van der Waals surface area contributed by atoms with Crippen LogP contribution in [0.2, 0.25) is 0 Å². The van der Waals surface area contributed by atoms with Gasteiger partial charge in [0, 0.05) is 6.61 Å². The molecule has 16 heavy (non-hydrogen) atoms. The molecule has 0 bridgehead atoms. The first-order chi connectivity index (χ1) is 7.78. The number of benzene rings is 1. The van der Waals surface area contributed by atoms with Crippen LogP contribution < -0.4 is 0 Å². The third-order valence-corrected chi connectivity index (χ3v) is 3.13. The molecule has 1 N–H and O–H groups in total. The van der Waals surface area contributed by atoms with Crippen molar-refractivity contribution in [2.75, 3.05) is 6.61 Å². The maximum atomic E-state index is 12.9. The van der Waals surface area contributed by atoms with Gasteiger partial charge in [-0.05, 0) is 42.9 Å². The van der Waals surface area contributed by atoms with E-state index < -0.39 is 0 Å². The average molecular weight is 224 g/mol. The maximum absolute atomic E-state index is 12.9. The van der Waals surface area contributed by atoms with Crippen molar-refractivity contribution in [1.29, 1.82) is 0 Å². The summed E-state index contributed by atoms with van der Waals surface area (Å²) in [4.78, 5) is 0. The minimum Gasteiger partial charge on any atom is -0.396 e. The summed E-state index contributed by atoms with van der Waals surface area (Å²) < 4.78 is 18.6. The van der Waals surface area contributed by atoms with Crippen LogP contribution in [0.5, 0.6) is 0 Å². The molecule has 0 aromatic heterocycles. The summed E-state index contributed by atoms with van der Waals surface area (Å²) in [6.45, 7) is 0.709. The van der Waals surface area contributed by atoms with Crippen molar-refractivity contribution in [1.82, 2.24) is 0 Å². The standard InChI is InChI=1S/C13H17FO2/c14-12-3-1-2-11(6-12)9-16-13-5-4-10(7-13)8-15/h1-3,6,10,13,15H,4-5,7-9H2/t10-,13-/m0/s1. The van der Waals surface area contributed by atoms with Gasteiger partial charge in [-0.15, -0.1) is 0 Å². The predicted octanol–water partition coefficient (Wildman–Crippen LogP) is 2.50. The van der Waals surface area contributed by atoms with Crippen molar-refractivity contribution < 1.29 is 14.2 Å². The summed E-state index contributed by atoms with van der Waals surface area (Å²) in [6, 6.07) is 6.49. The molecule has 2 rings (SSSR count). The summed E-state index contributed by atoms with van der Waals surface area (Å²) in [5.41, 5.74) is 0.868. The molecule has 88 valence electrons. The van der Waals surface area contributed by atoms with Crippen molar-refractivity contribution in [2.24, 2.45) is 5.92 Å². The first kappa shape index (κ1) is 11.6. The van der Waals surface area contributed by atoms with E-state index >= 15 is 0 Å². The molecule has 2 nitrogen and oxygen atoms in total. The first-order valence-electron chi connectivity index (χ1n) is 5.75. The van der Waals surface area contributed by atoms with Crippen molar-refractivity contribution in [3.63, 3.8) is 0 Å². The summed E-state index contributed by atoms with van der Waals surface area (Å²) in [7, 11) is 0. The van der Waals surface area contributed by atoms with Crippen LogP contribution in [0.25, 0.3) is 0 Å². The van der Waals surface area contributed by atoms with Gasteiger partial charge in [0.2, 0.25) is 0 Å². The van der Waals surface area contributed by atoms with Crippen LogP contribution in [-0.4, -0.2) is 17.8 Å². The summed E-state index contributed by atoms with van der Waals surface area (Å²) >= 11 is 0. The number of rotatable bonds is 4. The second-order valence-electron chi connectivity index (χ2n) is 4.42. The molecular formula is C13H17FO2. The molecule has 1 fully saturated rings. The number of hydrogen-bond acceptors (Lipinski definition) is 2. The van der Waals surface area contributed by atoms with E-state index in [2.05, 4.69) is 0 Å². The van der Waals surface area contributed by atoms with Crippen molar-refractivity contribution in [2.45, 2.75) is 32.0 Å². The molecule has 3 heteroatoms. The molecule has 0 heterocycles. The highest BCUT2D eigenvalue weighted by Gasteiger charge is 2.24. The number of halogens is 1. The summed E-state index contributed by atoms with van der Waals surface area (Å²) in [6.07, 6.45) is 3.18. The van der Waals surface area contributed by atoms with Crippen LogP contribution in [0.4, 0.5) is 4.39 Å². The van der Waals surface area contributed by atoms with Gasteiger partial charge in [-0.25, -0.2) is 4.39 Å². The zero-order chi connectivity index (χ0) is 11.4. The smallest absolute Gasteiger partial charge is 0.123 e. The molecule has 1 aliphatic carbocycles. The van der Waals surface area contributed by atoms with Crippen LogP contribution in [0.15, 0.2) is 24.3 Å². The topological polar surface area (TPSA) is 29.5 Å². The Kier molecular flexibility index (Phi) is 3.91. The van der Waals surface area contributed by atoms with Gasteiger partial charge in [-0.1, -0.05) is 12.1 Å². The molecule has 0 unspecified atom stereocenters. The lowest BCUT2D eigenvalue weighted by atomic mass is 10.1. The van der Waals surface area contributed by atoms with E-state index in [-0.39, 0.29) is 18.5 Å². The third-order valence-electron chi connectivity index (χ3n) is 3.13. The molecular weight excluding hydrogens is 207 g/mol. The minimum atomic E-state index is -0.222. The van der Waals surface area contributed by atoms with Gasteiger partial charge in [0.25, 0.3) is 0 Å². The predicted molar refractivity (Wildman–Crippen MR) is 59.4 cm³/mol. The largest absolute Gasteiger partial charge is 0.396 e. The fourth-order valence-corrected chi connectivity index (χ4v) is 2.19. The highest BCUT2D eigenvalue weighted by molar-refractivity contribution is 5.15. The molecule has 1 aromatic carbocycles. The van der Waals surface area contributed by atoms with Gasteiger partial charge < -0.3 is 9.84 Å². The van der Waals surface area contributed by atoms with Gasteiger partial charge >= 0.3 is 0 Å². The lowest BCUT2D eigenvalue weighted by Crippen LogP contribution is -2.09. The highest BCUT2D eigenvalue weighted by atomic mass is 19.1. The SMILES string of the molecule is OC[C@H]1CC[C@H](OCc2cccc(F)c2)C1. The lowest BCUT2D eigenvalue weighted by Gasteiger charge is -2.11. The lowest BCUT2D eigenvalue weighted by molar-refractivity contribution is 0.0406. The third kappa shape index (κ3) is 3.03. The zero-order valence-corrected chi connectivity index (χ0v) is 9.23. The first-order valence-corrected chi connectivity index (χ1v) is 5.75. The molecule has 1 saturated carbocycles. The van der Waals surface area contributed by atoms with Crippen molar-refractivity contribution in [3.05, 3.63) is 35.6 Å². The van der Waals surface area contributed by atoms with E-state index in [4.69, 9.17) is 9.84 Å². The maximum Gasteiger partial charge on any atom is 0.123 e. The van der Waals surface area contributed by atoms with Gasteiger partial charge in [-0.2, -0.15) is 0 Å². The van der Waals surface area contributed by atoms with E-state index in [0.29, 0.717) is 12.5 Å². The molecule has 0 aliphatic heterocycles. The summed E-state index contributed by atoms with van der Waals surface area (Å²) in [5, 5.41) is 9.00. The van der Waals surface area contributed by atoms with E-state index in [1.165, 1.54) is 12.1 Å². The van der Waals surface area contributed by atoms with Gasteiger partial charge in [0.15, 0.2) is 0 Å². The van der Waals surface area contributed by atoms with E-state index in [1.54, 1.807) is 6.07 Å². The molecule has 0 saturated heterocycles. The normalized spacial score (nSPS) is 24.9. The molecule has 0 amide bonds. The Balaban J connectivity index is 1.80. The average Bonchev–Trinajstić information content (AvgIpc) is 2.74. The van der Waals surface area contributed by atoms with E-state index in [0.717, 1.165) is 24.8 Å². The van der Waals surface area contributed by atoms with Crippen LogP contribution in [0.1, 0.15) is 24.8 Å². The van der Waals surface area contributed by atoms with Gasteiger partial charge in [-0.3, -0.25) is 0 Å². The quantitative estimate of drug-likeness (QED) is 0.851. The number of ether oxygens (including phenoxy) is 1. The Labute approximate surface area is 95.1 Å². The number of aliphatic hydroxyl groups is 1.